The molecule has 0 atom stereocenters. The summed E-state index contributed by atoms with van der Waals surface area (Å²) in [6.07, 6.45) is 0. The van der Waals surface area contributed by atoms with E-state index in [1.165, 1.54) is 0 Å². The molecule has 6 heteroatoms. The summed E-state index contributed by atoms with van der Waals surface area (Å²) in [5.41, 5.74) is 0.789. The van der Waals surface area contributed by atoms with Crippen LogP contribution in [0.4, 0.5) is 0 Å². The van der Waals surface area contributed by atoms with Crippen LogP contribution in [0, 0.1) is 0 Å². The van der Waals surface area contributed by atoms with Crippen molar-refractivity contribution in [3.8, 4) is 11.5 Å². The highest BCUT2D eigenvalue weighted by Gasteiger charge is 2.17. The van der Waals surface area contributed by atoms with Crippen molar-refractivity contribution in [2.75, 3.05) is 19.8 Å². The molecule has 23 heavy (non-hydrogen) atoms. The van der Waals surface area contributed by atoms with Crippen LogP contribution in [0.25, 0.3) is 0 Å². The Morgan fingerprint density at radius 2 is 1.78 bits per heavy atom. The van der Waals surface area contributed by atoms with Gasteiger partial charge in [-0.2, -0.15) is 0 Å². The van der Waals surface area contributed by atoms with E-state index >= 15 is 0 Å². The van der Waals surface area contributed by atoms with Gasteiger partial charge in [-0.05, 0) is 46.3 Å². The van der Waals surface area contributed by atoms with Gasteiger partial charge in [-0.15, -0.1) is 0 Å². The third-order valence-corrected chi connectivity index (χ3v) is 3.98. The largest absolute Gasteiger partial charge is 0.486 e. The number of ether oxygens (including phenoxy) is 3. The number of ketones is 1. The zero-order valence-corrected chi connectivity index (χ0v) is 13.7. The zero-order chi connectivity index (χ0) is 16.2. The summed E-state index contributed by atoms with van der Waals surface area (Å²) in [4.78, 5) is 24.2. The van der Waals surface area contributed by atoms with Gasteiger partial charge in [0.05, 0.1) is 5.56 Å². The predicted octanol–water partition coefficient (Wildman–Crippen LogP) is 3.26. The fraction of sp³-hybridized carbons (Fsp3) is 0.176. The summed E-state index contributed by atoms with van der Waals surface area (Å²) in [7, 11) is 0. The van der Waals surface area contributed by atoms with E-state index in [0.717, 1.165) is 0 Å². The number of Topliss-reactive ketones (excluding diaryl/α,β-unsaturated/α-hetero) is 1. The molecule has 0 N–H and O–H groups in total. The van der Waals surface area contributed by atoms with Crippen LogP contribution in [0.1, 0.15) is 20.7 Å². The fourth-order valence-electron chi connectivity index (χ4n) is 2.14. The Morgan fingerprint density at radius 1 is 1.04 bits per heavy atom. The molecule has 0 fully saturated rings. The first-order valence-electron chi connectivity index (χ1n) is 6.99. The first-order valence-corrected chi connectivity index (χ1v) is 7.79. The van der Waals surface area contributed by atoms with Crippen molar-refractivity contribution >= 4 is 27.7 Å². The van der Waals surface area contributed by atoms with Gasteiger partial charge in [-0.1, -0.05) is 12.1 Å². The molecule has 3 rings (SSSR count). The lowest BCUT2D eigenvalue weighted by Crippen LogP contribution is -2.17. The van der Waals surface area contributed by atoms with Gasteiger partial charge in [0, 0.05) is 10.0 Å². The molecule has 118 valence electrons. The number of halogens is 1. The Labute approximate surface area is 141 Å². The standard InChI is InChI=1S/C17H13BrO5/c18-13-4-2-1-3-12(13)17(20)23-10-14(19)11-5-6-15-16(9-11)22-8-7-21-15/h1-6,9H,7-8,10H2. The second kappa shape index (κ2) is 6.83. The highest BCUT2D eigenvalue weighted by atomic mass is 79.9. The van der Waals surface area contributed by atoms with E-state index in [0.29, 0.717) is 40.3 Å². The van der Waals surface area contributed by atoms with Crippen LogP contribution in [-0.4, -0.2) is 31.6 Å². The summed E-state index contributed by atoms with van der Waals surface area (Å²) in [6, 6.07) is 11.8. The molecule has 1 aliphatic rings. The Balaban J connectivity index is 1.66. The van der Waals surface area contributed by atoms with E-state index in [9.17, 15) is 9.59 Å². The first kappa shape index (κ1) is 15.6. The van der Waals surface area contributed by atoms with Crippen molar-refractivity contribution < 1.29 is 23.8 Å². The molecule has 0 bridgehead atoms. The van der Waals surface area contributed by atoms with Crippen molar-refractivity contribution in [3.05, 3.63) is 58.1 Å². The van der Waals surface area contributed by atoms with E-state index in [1.54, 1.807) is 42.5 Å². The van der Waals surface area contributed by atoms with Crippen LogP contribution in [0.2, 0.25) is 0 Å². The minimum Gasteiger partial charge on any atom is -0.486 e. The Morgan fingerprint density at radius 3 is 2.57 bits per heavy atom. The molecule has 0 saturated heterocycles. The number of carbonyl (C=O) groups excluding carboxylic acids is 2. The van der Waals surface area contributed by atoms with Crippen LogP contribution in [0.5, 0.6) is 11.5 Å². The second-order valence-electron chi connectivity index (χ2n) is 4.84. The average molecular weight is 377 g/mol. The number of hydrogen-bond donors (Lipinski definition) is 0. The second-order valence-corrected chi connectivity index (χ2v) is 5.69. The van der Waals surface area contributed by atoms with Gasteiger partial charge in [0.2, 0.25) is 0 Å². The van der Waals surface area contributed by atoms with Gasteiger partial charge >= 0.3 is 5.97 Å². The van der Waals surface area contributed by atoms with Crippen LogP contribution >= 0.6 is 15.9 Å². The van der Waals surface area contributed by atoms with E-state index in [1.807, 2.05) is 0 Å². The van der Waals surface area contributed by atoms with Crippen LogP contribution in [0.15, 0.2) is 46.9 Å². The fourth-order valence-corrected chi connectivity index (χ4v) is 2.58. The maximum atomic E-state index is 12.2. The SMILES string of the molecule is O=C(COC(=O)c1ccccc1Br)c1ccc2c(c1)OCCO2. The average Bonchev–Trinajstić information content (AvgIpc) is 2.59. The summed E-state index contributed by atoms with van der Waals surface area (Å²) in [5, 5.41) is 0. The van der Waals surface area contributed by atoms with Crippen LogP contribution < -0.4 is 9.47 Å². The lowest BCUT2D eigenvalue weighted by Gasteiger charge is -2.18. The minimum absolute atomic E-state index is 0.303. The van der Waals surface area contributed by atoms with Gasteiger partial charge in [0.1, 0.15) is 13.2 Å². The molecule has 0 aliphatic carbocycles. The summed E-state index contributed by atoms with van der Waals surface area (Å²) in [5.74, 6) is 0.281. The molecular weight excluding hydrogens is 364 g/mol. The number of benzene rings is 2. The van der Waals surface area contributed by atoms with E-state index in [2.05, 4.69) is 15.9 Å². The maximum Gasteiger partial charge on any atom is 0.339 e. The van der Waals surface area contributed by atoms with Crippen molar-refractivity contribution in [1.82, 2.24) is 0 Å². The van der Waals surface area contributed by atoms with Gasteiger partial charge < -0.3 is 14.2 Å². The molecule has 2 aromatic rings. The summed E-state index contributed by atoms with van der Waals surface area (Å²) in [6.45, 7) is 0.603. The monoisotopic (exact) mass is 376 g/mol. The predicted molar refractivity (Wildman–Crippen MR) is 86.2 cm³/mol. The normalized spacial score (nSPS) is 12.6. The number of rotatable bonds is 4. The van der Waals surface area contributed by atoms with E-state index in [-0.39, 0.29) is 12.4 Å². The number of esters is 1. The van der Waals surface area contributed by atoms with Crippen molar-refractivity contribution in [1.29, 1.82) is 0 Å². The summed E-state index contributed by atoms with van der Waals surface area (Å²) < 4.78 is 16.5. The topological polar surface area (TPSA) is 61.8 Å². The van der Waals surface area contributed by atoms with Gasteiger partial charge in [-0.3, -0.25) is 4.79 Å². The minimum atomic E-state index is -0.552. The zero-order valence-electron chi connectivity index (χ0n) is 12.1. The van der Waals surface area contributed by atoms with Gasteiger partial charge in [0.25, 0.3) is 0 Å². The van der Waals surface area contributed by atoms with Crippen molar-refractivity contribution in [2.45, 2.75) is 0 Å². The molecular formula is C17H13BrO5. The molecule has 0 aromatic heterocycles. The van der Waals surface area contributed by atoms with Gasteiger partial charge in [0.15, 0.2) is 23.9 Å². The molecule has 2 aromatic carbocycles. The first-order chi connectivity index (χ1) is 11.1. The van der Waals surface area contributed by atoms with Crippen molar-refractivity contribution in [3.63, 3.8) is 0 Å². The van der Waals surface area contributed by atoms with Gasteiger partial charge in [-0.25, -0.2) is 4.79 Å². The molecule has 1 heterocycles. The Bertz CT molecular complexity index is 756. The molecule has 0 spiro atoms. The Hall–Kier alpha value is -2.34. The van der Waals surface area contributed by atoms with E-state index in [4.69, 9.17) is 14.2 Å². The molecule has 0 amide bonds. The Kier molecular flexibility index (Phi) is 4.62. The molecule has 5 nitrogen and oxygen atoms in total. The third-order valence-electron chi connectivity index (χ3n) is 3.29. The van der Waals surface area contributed by atoms with Crippen molar-refractivity contribution in [2.24, 2.45) is 0 Å². The number of hydrogen-bond acceptors (Lipinski definition) is 5. The lowest BCUT2D eigenvalue weighted by atomic mass is 10.1. The number of carbonyl (C=O) groups is 2. The number of fused-ring (bicyclic) bond motifs is 1. The maximum absolute atomic E-state index is 12.2. The summed E-state index contributed by atoms with van der Waals surface area (Å²) >= 11 is 3.27. The molecule has 0 radical (unpaired) electrons. The smallest absolute Gasteiger partial charge is 0.339 e. The lowest BCUT2D eigenvalue weighted by molar-refractivity contribution is 0.0473. The molecule has 0 unspecified atom stereocenters. The quantitative estimate of drug-likeness (QED) is 0.605. The van der Waals surface area contributed by atoms with Crippen LogP contribution in [-0.2, 0) is 4.74 Å². The van der Waals surface area contributed by atoms with Crippen LogP contribution in [0.3, 0.4) is 0 Å². The highest BCUT2D eigenvalue weighted by Crippen LogP contribution is 2.30. The highest BCUT2D eigenvalue weighted by molar-refractivity contribution is 9.10. The van der Waals surface area contributed by atoms with E-state index < -0.39 is 5.97 Å². The molecule has 1 aliphatic heterocycles. The molecule has 0 saturated carbocycles. The third kappa shape index (κ3) is 3.53.